The number of carbonyl (C=O) groups excluding carboxylic acids is 2. The molecule has 3 N–H and O–H groups in total. The Balaban J connectivity index is 1.58. The molecule has 1 atom stereocenters. The third kappa shape index (κ3) is 5.94. The maximum Gasteiger partial charge on any atom is 0.408 e. The SMILES string of the molecule is CC(C)(C)OC(=O)NC12CCC(NC(=O)COc3ccc(F)c(S(C)(=O)=O)c3)(CC1)C[C@H]2O. The standard InChI is InChI=1S/C22H31FN2O7S/c1-20(2,3)32-19(28)25-22-9-7-21(8-10-22,12-17(22)26)24-18(27)13-31-14-5-6-15(23)16(11-14)33(4,29)30/h5-6,11,17,26H,7-10,12-13H2,1-4H3,(H,24,27)(H,25,28)/t17-,21?,22?/m1/s1. The Morgan fingerprint density at radius 3 is 2.36 bits per heavy atom. The second kappa shape index (κ2) is 8.75. The highest BCUT2D eigenvalue weighted by atomic mass is 32.2. The van der Waals surface area contributed by atoms with Gasteiger partial charge >= 0.3 is 6.09 Å². The number of benzene rings is 1. The van der Waals surface area contributed by atoms with Crippen LogP contribution >= 0.6 is 0 Å². The van der Waals surface area contributed by atoms with Crippen molar-refractivity contribution in [1.29, 1.82) is 0 Å². The summed E-state index contributed by atoms with van der Waals surface area (Å²) < 4.78 is 47.7. The number of ether oxygens (including phenoxy) is 2. The van der Waals surface area contributed by atoms with Crippen LogP contribution in [-0.4, -0.2) is 61.2 Å². The van der Waals surface area contributed by atoms with Gasteiger partial charge in [0, 0.05) is 17.9 Å². The van der Waals surface area contributed by atoms with Crippen molar-refractivity contribution < 1.29 is 37.0 Å². The second-order valence-corrected chi connectivity index (χ2v) is 12.0. The molecule has 3 aliphatic rings. The minimum atomic E-state index is -3.78. The van der Waals surface area contributed by atoms with Crippen molar-refractivity contribution in [2.24, 2.45) is 0 Å². The molecular formula is C22H31FN2O7S. The number of hydrogen-bond acceptors (Lipinski definition) is 7. The molecule has 1 aromatic carbocycles. The predicted octanol–water partition coefficient (Wildman–Crippen LogP) is 2.07. The van der Waals surface area contributed by atoms with E-state index in [4.69, 9.17) is 9.47 Å². The normalized spacial score (nSPS) is 27.0. The van der Waals surface area contributed by atoms with Crippen molar-refractivity contribution in [3.63, 3.8) is 0 Å². The molecule has 33 heavy (non-hydrogen) atoms. The molecule has 2 amide bonds. The number of carbonyl (C=O) groups is 2. The number of alkyl carbamates (subject to hydrolysis) is 1. The first-order chi connectivity index (χ1) is 15.1. The molecule has 0 heterocycles. The smallest absolute Gasteiger partial charge is 0.408 e. The molecule has 0 unspecified atom stereocenters. The minimum Gasteiger partial charge on any atom is -0.484 e. The number of hydrogen-bond donors (Lipinski definition) is 3. The Kier molecular flexibility index (Phi) is 6.69. The molecule has 0 spiro atoms. The quantitative estimate of drug-likeness (QED) is 0.561. The summed E-state index contributed by atoms with van der Waals surface area (Å²) in [5.41, 5.74) is -2.07. The number of halogens is 1. The highest BCUT2D eigenvalue weighted by Crippen LogP contribution is 2.47. The van der Waals surface area contributed by atoms with Crippen LogP contribution in [0.1, 0.15) is 52.9 Å². The van der Waals surface area contributed by atoms with Crippen LogP contribution in [0.25, 0.3) is 0 Å². The largest absolute Gasteiger partial charge is 0.484 e. The van der Waals surface area contributed by atoms with E-state index in [-0.39, 0.29) is 12.2 Å². The lowest BCUT2D eigenvalue weighted by molar-refractivity contribution is -0.129. The number of amides is 2. The number of aliphatic hydroxyl groups is 1. The molecule has 184 valence electrons. The van der Waals surface area contributed by atoms with E-state index in [0.717, 1.165) is 18.4 Å². The number of sulfone groups is 1. The van der Waals surface area contributed by atoms with Crippen molar-refractivity contribution in [3.05, 3.63) is 24.0 Å². The fraction of sp³-hybridized carbons (Fsp3) is 0.636. The third-order valence-electron chi connectivity index (χ3n) is 6.15. The van der Waals surface area contributed by atoms with Crippen LogP contribution in [0.5, 0.6) is 5.75 Å². The molecule has 1 aromatic rings. The fourth-order valence-corrected chi connectivity index (χ4v) is 5.26. The molecule has 0 saturated heterocycles. The van der Waals surface area contributed by atoms with Gasteiger partial charge in [0.1, 0.15) is 22.1 Å². The monoisotopic (exact) mass is 486 g/mol. The van der Waals surface area contributed by atoms with Crippen molar-refractivity contribution in [2.45, 2.75) is 80.6 Å². The van der Waals surface area contributed by atoms with E-state index >= 15 is 0 Å². The van der Waals surface area contributed by atoms with E-state index in [1.54, 1.807) is 20.8 Å². The summed E-state index contributed by atoms with van der Waals surface area (Å²) in [6.45, 7) is 4.89. The van der Waals surface area contributed by atoms with Gasteiger partial charge in [-0.15, -0.1) is 0 Å². The summed E-state index contributed by atoms with van der Waals surface area (Å²) in [5.74, 6) is -1.28. The maximum absolute atomic E-state index is 13.7. The van der Waals surface area contributed by atoms with E-state index in [2.05, 4.69) is 10.6 Å². The third-order valence-corrected chi connectivity index (χ3v) is 7.26. The first-order valence-electron chi connectivity index (χ1n) is 10.8. The van der Waals surface area contributed by atoms with Crippen LogP contribution in [0, 0.1) is 5.82 Å². The molecule has 0 radical (unpaired) electrons. The molecule has 11 heteroatoms. The Morgan fingerprint density at radius 1 is 1.18 bits per heavy atom. The zero-order valence-electron chi connectivity index (χ0n) is 19.2. The molecule has 0 aliphatic heterocycles. The molecule has 2 bridgehead atoms. The second-order valence-electron chi connectivity index (χ2n) is 9.98. The Hall–Kier alpha value is -2.40. The Labute approximate surface area is 192 Å². The predicted molar refractivity (Wildman–Crippen MR) is 117 cm³/mol. The lowest BCUT2D eigenvalue weighted by Crippen LogP contribution is -2.70. The van der Waals surface area contributed by atoms with Gasteiger partial charge in [-0.05, 0) is 65.0 Å². The van der Waals surface area contributed by atoms with Crippen molar-refractivity contribution in [3.8, 4) is 5.75 Å². The van der Waals surface area contributed by atoms with E-state index < -0.39 is 61.9 Å². The number of fused-ring (bicyclic) bond motifs is 3. The molecule has 9 nitrogen and oxygen atoms in total. The van der Waals surface area contributed by atoms with Gasteiger partial charge in [-0.3, -0.25) is 4.79 Å². The summed E-state index contributed by atoms with van der Waals surface area (Å²) >= 11 is 0. The van der Waals surface area contributed by atoms with E-state index in [1.165, 1.54) is 6.07 Å². The molecule has 4 rings (SSSR count). The number of rotatable bonds is 6. The van der Waals surface area contributed by atoms with Gasteiger partial charge in [0.15, 0.2) is 16.4 Å². The van der Waals surface area contributed by atoms with Crippen LogP contribution in [0.3, 0.4) is 0 Å². The maximum atomic E-state index is 13.7. The highest BCUT2D eigenvalue weighted by Gasteiger charge is 2.55. The lowest BCUT2D eigenvalue weighted by Gasteiger charge is -2.56. The summed E-state index contributed by atoms with van der Waals surface area (Å²) in [6.07, 6.45) is 1.78. The highest BCUT2D eigenvalue weighted by molar-refractivity contribution is 7.90. The molecule has 3 aliphatic carbocycles. The summed E-state index contributed by atoms with van der Waals surface area (Å²) in [7, 11) is -3.78. The molecule has 0 aromatic heterocycles. The molecule has 3 fully saturated rings. The van der Waals surface area contributed by atoms with Gasteiger partial charge in [-0.1, -0.05) is 0 Å². The molecular weight excluding hydrogens is 455 g/mol. The zero-order valence-corrected chi connectivity index (χ0v) is 20.1. The van der Waals surface area contributed by atoms with Crippen LogP contribution in [0.2, 0.25) is 0 Å². The van der Waals surface area contributed by atoms with Gasteiger partial charge in [0.2, 0.25) is 0 Å². The van der Waals surface area contributed by atoms with Gasteiger partial charge < -0.3 is 25.2 Å². The van der Waals surface area contributed by atoms with E-state index in [0.29, 0.717) is 25.7 Å². The fourth-order valence-electron chi connectivity index (χ4n) is 4.51. The number of nitrogens with one attached hydrogen (secondary N) is 2. The van der Waals surface area contributed by atoms with E-state index in [9.17, 15) is 27.5 Å². The number of aliphatic hydroxyl groups excluding tert-OH is 1. The average Bonchev–Trinajstić information content (AvgIpc) is 2.66. The Morgan fingerprint density at radius 2 is 1.82 bits per heavy atom. The van der Waals surface area contributed by atoms with Crippen LogP contribution in [-0.2, 0) is 19.4 Å². The average molecular weight is 487 g/mol. The van der Waals surface area contributed by atoms with Crippen LogP contribution < -0.4 is 15.4 Å². The first kappa shape index (κ1) is 25.2. The van der Waals surface area contributed by atoms with Crippen molar-refractivity contribution in [2.75, 3.05) is 12.9 Å². The summed E-state index contributed by atoms with van der Waals surface area (Å²) in [5, 5.41) is 16.5. The van der Waals surface area contributed by atoms with E-state index in [1.807, 2.05) is 0 Å². The zero-order chi connectivity index (χ0) is 24.7. The summed E-state index contributed by atoms with van der Waals surface area (Å²) in [6, 6.07) is 3.26. The van der Waals surface area contributed by atoms with Crippen LogP contribution in [0.15, 0.2) is 23.1 Å². The van der Waals surface area contributed by atoms with Gasteiger partial charge in [0.25, 0.3) is 5.91 Å². The van der Waals surface area contributed by atoms with Crippen molar-refractivity contribution in [1.82, 2.24) is 10.6 Å². The Bertz CT molecular complexity index is 1030. The molecule has 3 saturated carbocycles. The van der Waals surface area contributed by atoms with Gasteiger partial charge in [-0.25, -0.2) is 17.6 Å². The first-order valence-corrected chi connectivity index (χ1v) is 12.6. The van der Waals surface area contributed by atoms with Gasteiger partial charge in [0.05, 0.1) is 11.6 Å². The minimum absolute atomic E-state index is 0.0531. The topological polar surface area (TPSA) is 131 Å². The van der Waals surface area contributed by atoms with Crippen molar-refractivity contribution >= 4 is 21.8 Å². The summed E-state index contributed by atoms with van der Waals surface area (Å²) in [4.78, 5) is 24.3. The van der Waals surface area contributed by atoms with Gasteiger partial charge in [-0.2, -0.15) is 0 Å². The van der Waals surface area contributed by atoms with Crippen LogP contribution in [0.4, 0.5) is 9.18 Å². The lowest BCUT2D eigenvalue weighted by atomic mass is 9.60.